The van der Waals surface area contributed by atoms with Gasteiger partial charge in [-0.05, 0) is 0 Å². The zero-order valence-electron chi connectivity index (χ0n) is 9.28. The van der Waals surface area contributed by atoms with Crippen molar-refractivity contribution in [2.75, 3.05) is 5.75 Å². The maximum Gasteiger partial charge on any atom is 0.301 e. The van der Waals surface area contributed by atoms with Crippen LogP contribution in [-0.4, -0.2) is 26.5 Å². The lowest BCUT2D eigenvalue weighted by atomic mass is 10.2. The summed E-state index contributed by atoms with van der Waals surface area (Å²) in [5, 5.41) is 12.5. The zero-order valence-corrected chi connectivity index (χ0v) is 10.1. The Kier molecular flexibility index (Phi) is 2.60. The highest BCUT2D eigenvalue weighted by Crippen LogP contribution is 2.18. The highest BCUT2D eigenvalue weighted by atomic mass is 32.2. The summed E-state index contributed by atoms with van der Waals surface area (Å²) >= 11 is 1.35. The Labute approximate surface area is 107 Å². The predicted octanol–water partition coefficient (Wildman–Crippen LogP) is 0.531. The van der Waals surface area contributed by atoms with E-state index >= 15 is 0 Å². The van der Waals surface area contributed by atoms with Crippen LogP contribution in [0.15, 0.2) is 45.4 Å². The first-order valence-corrected chi connectivity index (χ1v) is 6.25. The van der Waals surface area contributed by atoms with Gasteiger partial charge in [-0.1, -0.05) is 42.1 Å². The van der Waals surface area contributed by atoms with Crippen LogP contribution in [0, 0.1) is 0 Å². The predicted molar refractivity (Wildman–Crippen MR) is 69.5 cm³/mol. The Bertz CT molecular complexity index is 680. The minimum atomic E-state index is -0.304. The molecule has 6 nitrogen and oxygen atoms in total. The van der Waals surface area contributed by atoms with E-state index < -0.39 is 0 Å². The van der Waals surface area contributed by atoms with Crippen molar-refractivity contribution >= 4 is 17.6 Å². The van der Waals surface area contributed by atoms with Crippen LogP contribution in [0.2, 0.25) is 0 Å². The smallest absolute Gasteiger partial charge is 0.301 e. The van der Waals surface area contributed by atoms with Gasteiger partial charge in [0, 0.05) is 5.56 Å². The lowest BCUT2D eigenvalue weighted by molar-refractivity contribution is 0.644. The van der Waals surface area contributed by atoms with E-state index in [1.807, 2.05) is 18.2 Å². The van der Waals surface area contributed by atoms with Gasteiger partial charge in [-0.25, -0.2) is 0 Å². The van der Waals surface area contributed by atoms with Crippen LogP contribution in [0.4, 0.5) is 0 Å². The van der Waals surface area contributed by atoms with Crippen LogP contribution in [-0.2, 0) is 0 Å². The molecule has 2 N–H and O–H groups in total. The topological polar surface area (TPSA) is 86.2 Å². The molecule has 0 fully saturated rings. The average Bonchev–Trinajstić information content (AvgIpc) is 2.41. The monoisotopic (exact) mass is 259 g/mol. The van der Waals surface area contributed by atoms with Crippen LogP contribution >= 0.6 is 11.8 Å². The molecule has 18 heavy (non-hydrogen) atoms. The summed E-state index contributed by atoms with van der Waals surface area (Å²) in [6.07, 6.45) is 0. The lowest BCUT2D eigenvalue weighted by Gasteiger charge is -2.12. The Hall–Kier alpha value is -2.15. The van der Waals surface area contributed by atoms with Crippen molar-refractivity contribution in [3.8, 4) is 11.3 Å². The number of hydrogen-bond donors (Lipinski definition) is 1. The first-order valence-electron chi connectivity index (χ1n) is 5.27. The number of hydrogen-bond acceptors (Lipinski definition) is 6. The summed E-state index contributed by atoms with van der Waals surface area (Å²) in [5.41, 5.74) is 6.32. The summed E-state index contributed by atoms with van der Waals surface area (Å²) in [5.74, 6) is 0.931. The number of aromatic nitrogens is 3. The van der Waals surface area contributed by atoms with Crippen molar-refractivity contribution in [3.05, 3.63) is 40.7 Å². The third-order valence-electron chi connectivity index (χ3n) is 2.44. The molecule has 0 spiro atoms. The Morgan fingerprint density at radius 1 is 1.22 bits per heavy atom. The highest BCUT2D eigenvalue weighted by molar-refractivity contribution is 7.99. The van der Waals surface area contributed by atoms with E-state index in [2.05, 4.69) is 15.3 Å². The van der Waals surface area contributed by atoms with Gasteiger partial charge in [0.15, 0.2) is 5.69 Å². The molecular formula is C11H9N5OS. The van der Waals surface area contributed by atoms with Gasteiger partial charge in [-0.15, -0.1) is 15.3 Å². The van der Waals surface area contributed by atoms with E-state index in [9.17, 15) is 4.79 Å². The number of nitrogens with zero attached hydrogens (tertiary/aromatic N) is 4. The Morgan fingerprint density at radius 2 is 2.00 bits per heavy atom. The maximum absolute atomic E-state index is 12.2. The second-order valence-electron chi connectivity index (χ2n) is 3.69. The van der Waals surface area contributed by atoms with E-state index in [1.165, 1.54) is 16.4 Å². The van der Waals surface area contributed by atoms with Crippen LogP contribution in [0.25, 0.3) is 11.3 Å². The number of fused-ring (bicyclic) bond motifs is 1. The van der Waals surface area contributed by atoms with E-state index in [4.69, 9.17) is 5.73 Å². The van der Waals surface area contributed by atoms with Gasteiger partial charge in [-0.2, -0.15) is 4.68 Å². The van der Waals surface area contributed by atoms with Crippen LogP contribution in [0.1, 0.15) is 0 Å². The minimum absolute atomic E-state index is 0.276. The van der Waals surface area contributed by atoms with Gasteiger partial charge in [-0.3, -0.25) is 4.79 Å². The minimum Gasteiger partial charge on any atom is -0.385 e. The van der Waals surface area contributed by atoms with Crippen molar-refractivity contribution in [2.24, 2.45) is 10.8 Å². The molecule has 0 unspecified atom stereocenters. The van der Waals surface area contributed by atoms with Crippen molar-refractivity contribution < 1.29 is 0 Å². The SMILES string of the molecule is NC1=Nn2c(nnc(-c3ccccc3)c2=O)SC1. The van der Waals surface area contributed by atoms with E-state index in [0.717, 1.165) is 5.56 Å². The first-order chi connectivity index (χ1) is 8.75. The van der Waals surface area contributed by atoms with Crippen LogP contribution < -0.4 is 11.3 Å². The molecule has 0 atom stereocenters. The molecule has 3 rings (SSSR count). The second-order valence-corrected chi connectivity index (χ2v) is 4.64. The fraction of sp³-hybridized carbons (Fsp3) is 0.0909. The Morgan fingerprint density at radius 3 is 2.78 bits per heavy atom. The maximum atomic E-state index is 12.2. The molecule has 7 heteroatoms. The van der Waals surface area contributed by atoms with Gasteiger partial charge in [0.25, 0.3) is 0 Å². The molecule has 90 valence electrons. The normalized spacial score (nSPS) is 13.9. The molecule has 0 bridgehead atoms. The van der Waals surface area contributed by atoms with E-state index in [-0.39, 0.29) is 11.3 Å². The fourth-order valence-corrected chi connectivity index (χ4v) is 2.30. The van der Waals surface area contributed by atoms with Gasteiger partial charge in [0.1, 0.15) is 5.84 Å². The lowest BCUT2D eigenvalue weighted by Crippen LogP contribution is -2.30. The molecular weight excluding hydrogens is 250 g/mol. The Balaban J connectivity index is 2.21. The summed E-state index contributed by atoms with van der Waals surface area (Å²) in [7, 11) is 0. The molecule has 1 aliphatic rings. The van der Waals surface area contributed by atoms with Gasteiger partial charge >= 0.3 is 5.56 Å². The molecule has 0 saturated heterocycles. The van der Waals surface area contributed by atoms with E-state index in [0.29, 0.717) is 16.7 Å². The zero-order chi connectivity index (χ0) is 12.5. The third-order valence-corrected chi connectivity index (χ3v) is 3.39. The first kappa shape index (κ1) is 11.0. The van der Waals surface area contributed by atoms with Gasteiger partial charge in [0.05, 0.1) is 5.75 Å². The molecule has 0 radical (unpaired) electrons. The van der Waals surface area contributed by atoms with E-state index in [1.54, 1.807) is 12.1 Å². The molecule has 2 heterocycles. The van der Waals surface area contributed by atoms with Crippen molar-refractivity contribution in [2.45, 2.75) is 5.16 Å². The summed E-state index contributed by atoms with van der Waals surface area (Å²) < 4.78 is 1.21. The number of thioether (sulfide) groups is 1. The van der Waals surface area contributed by atoms with Crippen molar-refractivity contribution in [1.29, 1.82) is 0 Å². The third kappa shape index (κ3) is 1.78. The molecule has 1 aromatic heterocycles. The number of nitrogens with two attached hydrogens (primary N) is 1. The number of rotatable bonds is 1. The molecule has 2 aromatic rings. The second kappa shape index (κ2) is 4.26. The quantitative estimate of drug-likeness (QED) is 0.807. The molecule has 0 amide bonds. The van der Waals surface area contributed by atoms with Gasteiger partial charge < -0.3 is 5.73 Å². The van der Waals surface area contributed by atoms with Crippen molar-refractivity contribution in [3.63, 3.8) is 0 Å². The summed E-state index contributed by atoms with van der Waals surface area (Å²) in [6.45, 7) is 0. The average molecular weight is 259 g/mol. The highest BCUT2D eigenvalue weighted by Gasteiger charge is 2.17. The summed E-state index contributed by atoms with van der Waals surface area (Å²) in [4.78, 5) is 12.2. The van der Waals surface area contributed by atoms with Crippen LogP contribution in [0.3, 0.4) is 0 Å². The number of benzene rings is 1. The van der Waals surface area contributed by atoms with Crippen molar-refractivity contribution in [1.82, 2.24) is 14.9 Å². The molecule has 1 aromatic carbocycles. The molecule has 0 saturated carbocycles. The summed E-state index contributed by atoms with van der Waals surface area (Å²) in [6, 6.07) is 9.17. The van der Waals surface area contributed by atoms with Gasteiger partial charge in [0.2, 0.25) is 5.16 Å². The standard InChI is InChI=1S/C11H9N5OS/c12-8-6-18-11-14-13-9(10(17)16(11)15-8)7-4-2-1-3-5-7/h1-5H,6H2,(H2,12,15). The fourth-order valence-electron chi connectivity index (χ4n) is 1.62. The largest absolute Gasteiger partial charge is 0.385 e. The molecule has 0 aliphatic carbocycles. The molecule has 1 aliphatic heterocycles. The van der Waals surface area contributed by atoms with Crippen LogP contribution in [0.5, 0.6) is 0 Å². The number of amidine groups is 1.